The number of amides is 1. The molecule has 0 spiro atoms. The fraction of sp³-hybridized carbons (Fsp3) is 0.735. The zero-order valence-corrected chi connectivity index (χ0v) is 38.7. The quantitative estimate of drug-likeness (QED) is 0.145. The first-order valence-corrected chi connectivity index (χ1v) is 23.2. The molecule has 3 aliphatic heterocycles. The van der Waals surface area contributed by atoms with E-state index in [9.17, 15) is 49.5 Å². The molecule has 4 aliphatic rings. The number of ether oxygens (including phenoxy) is 3. The van der Waals surface area contributed by atoms with Gasteiger partial charge in [0.25, 0.3) is 11.7 Å². The molecule has 2 saturated heterocycles. The van der Waals surface area contributed by atoms with Gasteiger partial charge in [-0.1, -0.05) is 71.1 Å². The van der Waals surface area contributed by atoms with Crippen LogP contribution in [0.5, 0.6) is 0 Å². The summed E-state index contributed by atoms with van der Waals surface area (Å²) in [6, 6.07) is -1.18. The fourth-order valence-electron chi connectivity index (χ4n) is 9.61. The minimum atomic E-state index is -2.49. The van der Waals surface area contributed by atoms with Gasteiger partial charge in [-0.05, 0) is 107 Å². The summed E-state index contributed by atoms with van der Waals surface area (Å²) in [6.07, 6.45) is 7.96. The largest absolute Gasteiger partial charge is 0.460 e. The topological polar surface area (TPSA) is 217 Å². The van der Waals surface area contributed by atoms with Gasteiger partial charge >= 0.3 is 5.97 Å². The summed E-state index contributed by atoms with van der Waals surface area (Å²) in [5.41, 5.74) is 0.978. The number of carbonyl (C=O) groups is 5. The molecule has 14 heteroatoms. The zero-order valence-electron chi connectivity index (χ0n) is 38.7. The lowest BCUT2D eigenvalue weighted by molar-refractivity contribution is -0.265. The zero-order chi connectivity index (χ0) is 46.8. The second-order valence-corrected chi connectivity index (χ2v) is 19.2. The van der Waals surface area contributed by atoms with Crippen molar-refractivity contribution in [2.45, 2.75) is 180 Å². The summed E-state index contributed by atoms with van der Waals surface area (Å²) in [4.78, 5) is 71.2. The maximum absolute atomic E-state index is 14.2. The van der Waals surface area contributed by atoms with E-state index in [1.165, 1.54) is 7.11 Å². The van der Waals surface area contributed by atoms with E-state index in [4.69, 9.17) is 14.2 Å². The Morgan fingerprint density at radius 2 is 1.57 bits per heavy atom. The normalized spacial score (nSPS) is 41.3. The van der Waals surface area contributed by atoms with Gasteiger partial charge in [-0.25, -0.2) is 4.79 Å². The predicted molar refractivity (Wildman–Crippen MR) is 236 cm³/mol. The molecule has 0 unspecified atom stereocenters. The number of rotatable bonds is 4. The molecule has 14 nitrogen and oxygen atoms in total. The van der Waals surface area contributed by atoms with Gasteiger partial charge in [0, 0.05) is 44.2 Å². The van der Waals surface area contributed by atoms with E-state index in [2.05, 4.69) is 0 Å². The van der Waals surface area contributed by atoms with Crippen molar-refractivity contribution in [2.24, 2.45) is 35.5 Å². The average Bonchev–Trinajstić information content (AvgIpc) is 3.24. The number of methoxy groups -OCH3 is 1. The maximum Gasteiger partial charge on any atom is 0.329 e. The molecule has 5 N–H and O–H groups in total. The molecule has 0 aromatic carbocycles. The lowest BCUT2D eigenvalue weighted by Gasteiger charge is -2.42. The van der Waals surface area contributed by atoms with Crippen LogP contribution in [-0.4, -0.2) is 128 Å². The van der Waals surface area contributed by atoms with E-state index in [1.54, 1.807) is 58.9 Å². The lowest BCUT2D eigenvalue weighted by Crippen LogP contribution is -2.61. The Morgan fingerprint density at radius 3 is 2.25 bits per heavy atom. The van der Waals surface area contributed by atoms with Gasteiger partial charge in [-0.2, -0.15) is 0 Å². The van der Waals surface area contributed by atoms with Crippen LogP contribution >= 0.6 is 0 Å². The van der Waals surface area contributed by atoms with E-state index in [1.807, 2.05) is 26.0 Å². The lowest BCUT2D eigenvalue weighted by atomic mass is 9.78. The van der Waals surface area contributed by atoms with Crippen molar-refractivity contribution in [3.05, 3.63) is 47.6 Å². The van der Waals surface area contributed by atoms with Crippen LogP contribution in [-0.2, 0) is 38.2 Å². The van der Waals surface area contributed by atoms with E-state index >= 15 is 0 Å². The first-order chi connectivity index (χ1) is 29.7. The number of aliphatic hydroxyl groups excluding tert-OH is 4. The van der Waals surface area contributed by atoms with Gasteiger partial charge in [0.15, 0.2) is 5.78 Å². The van der Waals surface area contributed by atoms with Gasteiger partial charge in [0.05, 0.1) is 24.4 Å². The van der Waals surface area contributed by atoms with Crippen LogP contribution in [0.3, 0.4) is 0 Å². The molecule has 63 heavy (non-hydrogen) atoms. The van der Waals surface area contributed by atoms with E-state index in [0.717, 1.165) is 4.90 Å². The first kappa shape index (κ1) is 52.3. The Kier molecular flexibility index (Phi) is 19.7. The molecule has 2 bridgehead atoms. The molecule has 1 aliphatic carbocycles. The van der Waals surface area contributed by atoms with Crippen molar-refractivity contribution in [1.82, 2.24) is 4.90 Å². The number of Topliss-reactive ketones (excluding diaryl/α,β-unsaturated/α-hetero) is 3. The second kappa shape index (κ2) is 23.7. The third-order valence-corrected chi connectivity index (χ3v) is 13.9. The van der Waals surface area contributed by atoms with Gasteiger partial charge in [-0.3, -0.25) is 19.2 Å². The summed E-state index contributed by atoms with van der Waals surface area (Å²) < 4.78 is 17.7. The number of hydrogen-bond acceptors (Lipinski definition) is 13. The highest BCUT2D eigenvalue weighted by atomic mass is 16.6. The van der Waals surface area contributed by atoms with Crippen molar-refractivity contribution in [1.29, 1.82) is 0 Å². The Bertz CT molecular complexity index is 1720. The van der Waals surface area contributed by atoms with E-state index in [-0.39, 0.29) is 49.2 Å². The Balaban J connectivity index is 1.69. The molecule has 3 fully saturated rings. The number of cyclic esters (lactones) is 1. The predicted octanol–water partition coefficient (Wildman–Crippen LogP) is 4.87. The minimum absolute atomic E-state index is 0.0108. The molecule has 354 valence electrons. The number of piperidine rings is 1. The molecule has 4 rings (SSSR count). The van der Waals surface area contributed by atoms with Crippen molar-refractivity contribution in [2.75, 3.05) is 13.7 Å². The van der Waals surface area contributed by atoms with Crippen molar-refractivity contribution in [3.8, 4) is 0 Å². The molecule has 0 aromatic heterocycles. The number of aliphatic hydroxyl groups is 5. The van der Waals surface area contributed by atoms with Crippen LogP contribution in [0.1, 0.15) is 126 Å². The van der Waals surface area contributed by atoms with Gasteiger partial charge in [0.2, 0.25) is 5.79 Å². The number of ketones is 3. The summed E-state index contributed by atoms with van der Waals surface area (Å²) in [7, 11) is 1.36. The standard InChI is InChI=1S/C49H75NO13/c1-28-14-10-9-11-15-29(2)39(52)26-36-19-17-34(7)49(60,63-36)46(57)47(58)50-21-13-12-16-37(50)48(59)62-42(31(4)24-35-18-20-38(51)41(54)25-35)27-40(53)30(3)23-33(6)44(56)45(61-8)43(55)32(5)22-28/h9-11,14-15,23,28,30-32,34-39,41-42,44-45,51-52,54,56,60H,12-13,16-22,24-27H2,1-8H3/b11-9+,14-10-,29-15+,33-23+/t28-,30-,31-,32-,34-,35+,36+,37+,38-,39+,41-,42+,44-,45+,49-/m1/s1. The monoisotopic (exact) mass is 886 g/mol. The number of hydrogen-bond donors (Lipinski definition) is 5. The summed E-state index contributed by atoms with van der Waals surface area (Å²) in [5.74, 6) is -8.57. The first-order valence-electron chi connectivity index (χ1n) is 23.2. The molecule has 15 atom stereocenters. The summed E-state index contributed by atoms with van der Waals surface area (Å²) in [6.45, 7) is 12.3. The Labute approximate surface area is 373 Å². The molecule has 3 heterocycles. The van der Waals surface area contributed by atoms with E-state index in [0.29, 0.717) is 68.9 Å². The second-order valence-electron chi connectivity index (χ2n) is 19.2. The Hall–Kier alpha value is -3.37. The van der Waals surface area contributed by atoms with E-state index < -0.39 is 95.9 Å². The molecule has 1 amide bonds. The Morgan fingerprint density at radius 1 is 0.857 bits per heavy atom. The van der Waals surface area contributed by atoms with Gasteiger partial charge in [0.1, 0.15) is 30.1 Å². The van der Waals surface area contributed by atoms with Gasteiger partial charge < -0.3 is 44.6 Å². The van der Waals surface area contributed by atoms with Crippen molar-refractivity contribution < 1.29 is 63.7 Å². The molecule has 1 saturated carbocycles. The van der Waals surface area contributed by atoms with Crippen LogP contribution in [0.15, 0.2) is 47.6 Å². The summed E-state index contributed by atoms with van der Waals surface area (Å²) in [5, 5.41) is 54.8. The number of fused-ring (bicyclic) bond motifs is 3. The highest BCUT2D eigenvalue weighted by molar-refractivity contribution is 6.39. The SMILES string of the molecule is CO[C@H]1C(=O)[C@H](C)C[C@H](C)\C=C/C=C/C=C(\C)[C@@H](O)C[C@@H]2CC[C@@H](C)[C@@](O)(O2)C(=O)C(=O)N2CCCC[C@H]2C(=O)O[C@H]([C@H](C)C[C@@H]2CC[C@@H](O)[C@H](O)C2)CC(=O)[C@H](C)/C=C(\C)[C@H]1O. The number of carbonyl (C=O) groups excluding carboxylic acids is 5. The molecule has 0 radical (unpaired) electrons. The highest BCUT2D eigenvalue weighted by Crippen LogP contribution is 2.37. The van der Waals surface area contributed by atoms with Crippen molar-refractivity contribution >= 4 is 29.2 Å². The number of esters is 1. The number of allylic oxidation sites excluding steroid dienone is 6. The highest BCUT2D eigenvalue weighted by Gasteiger charge is 2.53. The number of nitrogens with zero attached hydrogens (tertiary/aromatic N) is 1. The average molecular weight is 886 g/mol. The third-order valence-electron chi connectivity index (χ3n) is 13.9. The van der Waals surface area contributed by atoms with Crippen LogP contribution in [0.2, 0.25) is 0 Å². The molecular formula is C49H75NO13. The molecule has 0 aromatic rings. The van der Waals surface area contributed by atoms with Crippen LogP contribution < -0.4 is 0 Å². The van der Waals surface area contributed by atoms with Crippen molar-refractivity contribution in [3.63, 3.8) is 0 Å². The maximum atomic E-state index is 14.2. The van der Waals surface area contributed by atoms with Crippen LogP contribution in [0, 0.1) is 35.5 Å². The van der Waals surface area contributed by atoms with Crippen LogP contribution in [0.4, 0.5) is 0 Å². The summed E-state index contributed by atoms with van der Waals surface area (Å²) >= 11 is 0. The fourth-order valence-corrected chi connectivity index (χ4v) is 9.61. The smallest absolute Gasteiger partial charge is 0.329 e. The third kappa shape index (κ3) is 13.8. The van der Waals surface area contributed by atoms with Gasteiger partial charge in [-0.15, -0.1) is 0 Å². The minimum Gasteiger partial charge on any atom is -0.460 e. The molecular weight excluding hydrogens is 811 g/mol. The van der Waals surface area contributed by atoms with Crippen LogP contribution in [0.25, 0.3) is 0 Å².